The number of rotatable bonds is 5. The highest BCUT2D eigenvalue weighted by atomic mass is 16.7. The molecule has 3 rings (SSSR count). The van der Waals surface area contributed by atoms with E-state index in [0.29, 0.717) is 22.6 Å². The van der Waals surface area contributed by atoms with Crippen molar-refractivity contribution in [2.75, 3.05) is 25.8 Å². The molecule has 1 unspecified atom stereocenters. The average Bonchev–Trinajstić information content (AvgIpc) is 3.19. The van der Waals surface area contributed by atoms with Crippen LogP contribution in [0, 0.1) is 17.9 Å². The molecule has 0 saturated heterocycles. The van der Waals surface area contributed by atoms with Gasteiger partial charge >= 0.3 is 5.97 Å². The van der Waals surface area contributed by atoms with Crippen molar-refractivity contribution in [3.05, 3.63) is 40.9 Å². The molecule has 1 N–H and O–H groups in total. The summed E-state index contributed by atoms with van der Waals surface area (Å²) in [6.45, 7) is 11.3. The molecule has 2 heterocycles. The number of nitrogens with one attached hydrogen (secondary N) is 1. The average molecular weight is 378 g/mol. The number of nitriles is 1. The summed E-state index contributed by atoms with van der Waals surface area (Å²) in [5.74, 6) is 0.151. The Balaban J connectivity index is 2.28. The summed E-state index contributed by atoms with van der Waals surface area (Å²) in [4.78, 5) is 20.3. The van der Waals surface area contributed by atoms with Gasteiger partial charge in [0.15, 0.2) is 11.5 Å². The molecular weight excluding hydrogens is 360 g/mol. The number of hydrogen-bond donors (Lipinski definition) is 1. The van der Waals surface area contributed by atoms with E-state index in [0.717, 1.165) is 0 Å². The quantitative estimate of drug-likeness (QED) is 0.627. The highest BCUT2D eigenvalue weighted by Gasteiger charge is 2.28. The molecule has 0 radical (unpaired) electrons. The lowest BCUT2D eigenvalue weighted by Gasteiger charge is -2.18. The molecule has 0 spiro atoms. The second kappa shape index (κ2) is 7.85. The first-order valence-electron chi connectivity index (χ1n) is 8.65. The smallest absolute Gasteiger partial charge is 0.314 e. The van der Waals surface area contributed by atoms with E-state index in [4.69, 9.17) is 20.8 Å². The van der Waals surface area contributed by atoms with Crippen LogP contribution in [-0.2, 0) is 9.53 Å². The Bertz CT molecular complexity index is 1020. The number of carbonyl (C=O) groups is 1. The molecule has 0 bridgehead atoms. The zero-order chi connectivity index (χ0) is 20.3. The summed E-state index contributed by atoms with van der Waals surface area (Å²) in [5.41, 5.74) is 1.59. The predicted molar refractivity (Wildman–Crippen MR) is 101 cm³/mol. The molecule has 2 aromatic rings. The molecule has 1 atom stereocenters. The van der Waals surface area contributed by atoms with Gasteiger partial charge in [-0.15, -0.1) is 0 Å². The summed E-state index contributed by atoms with van der Waals surface area (Å²) >= 11 is 0. The van der Waals surface area contributed by atoms with Gasteiger partial charge in [0.05, 0.1) is 30.4 Å². The van der Waals surface area contributed by atoms with Gasteiger partial charge in [-0.2, -0.15) is 5.26 Å². The number of esters is 1. The zero-order valence-electron chi connectivity index (χ0n) is 15.7. The third-order valence-electron chi connectivity index (χ3n) is 4.37. The molecule has 0 fully saturated rings. The van der Waals surface area contributed by atoms with Crippen LogP contribution < -0.4 is 14.8 Å². The van der Waals surface area contributed by atoms with E-state index in [1.165, 1.54) is 0 Å². The van der Waals surface area contributed by atoms with Crippen molar-refractivity contribution < 1.29 is 19.0 Å². The number of anilines is 1. The van der Waals surface area contributed by atoms with E-state index in [1.807, 2.05) is 0 Å². The molecule has 8 heteroatoms. The minimum atomic E-state index is -0.769. The van der Waals surface area contributed by atoms with Gasteiger partial charge in [0, 0.05) is 12.6 Å². The second-order valence-corrected chi connectivity index (χ2v) is 5.96. The van der Waals surface area contributed by atoms with Crippen LogP contribution in [0.5, 0.6) is 11.5 Å². The summed E-state index contributed by atoms with van der Waals surface area (Å²) in [6, 6.07) is 7.30. The Labute approximate surface area is 162 Å². The Hall–Kier alpha value is -3.78. The third-order valence-corrected chi connectivity index (χ3v) is 4.37. The minimum Gasteiger partial charge on any atom is -0.465 e. The summed E-state index contributed by atoms with van der Waals surface area (Å²) < 4.78 is 15.8. The van der Waals surface area contributed by atoms with Gasteiger partial charge in [-0.05, 0) is 31.5 Å². The number of hydrogen-bond acceptors (Lipinski definition) is 7. The van der Waals surface area contributed by atoms with E-state index in [2.05, 4.69) is 21.2 Å². The van der Waals surface area contributed by atoms with Gasteiger partial charge in [-0.1, -0.05) is 6.07 Å². The molecule has 1 aromatic carbocycles. The normalized spacial score (nSPS) is 12.6. The number of fused-ring (bicyclic) bond motifs is 1. The molecule has 1 aromatic heterocycles. The highest BCUT2D eigenvalue weighted by molar-refractivity contribution is 5.92. The number of nitrogens with zero attached hydrogens (tertiary/aromatic N) is 3. The molecule has 8 nitrogen and oxygen atoms in total. The minimum absolute atomic E-state index is 0.114. The standard InChI is InChI=1S/C20H18N4O4/c1-5-26-20(25)11(2)17-13(9-21)16(18(22-3)19(23-4)24-17)12-6-7-14-15(8-12)28-10-27-14/h6-8,11H,5,10H2,1-2,4H3,(H,23,24). The number of carbonyl (C=O) groups excluding carboxylic acids is 1. The fourth-order valence-corrected chi connectivity index (χ4v) is 3.02. The van der Waals surface area contributed by atoms with Gasteiger partial charge in [-0.3, -0.25) is 4.79 Å². The van der Waals surface area contributed by atoms with E-state index in [1.54, 1.807) is 39.1 Å². The Morgan fingerprint density at radius 3 is 2.86 bits per heavy atom. The molecule has 28 heavy (non-hydrogen) atoms. The highest BCUT2D eigenvalue weighted by Crippen LogP contribution is 2.44. The maximum atomic E-state index is 12.3. The molecule has 0 amide bonds. The van der Waals surface area contributed by atoms with Crippen LogP contribution in [0.1, 0.15) is 31.0 Å². The lowest BCUT2D eigenvalue weighted by Crippen LogP contribution is -2.17. The first-order valence-corrected chi connectivity index (χ1v) is 8.65. The van der Waals surface area contributed by atoms with Crippen LogP contribution >= 0.6 is 0 Å². The van der Waals surface area contributed by atoms with Crippen molar-refractivity contribution in [3.63, 3.8) is 0 Å². The van der Waals surface area contributed by atoms with Crippen LogP contribution in [0.15, 0.2) is 18.2 Å². The van der Waals surface area contributed by atoms with E-state index >= 15 is 0 Å². The summed E-state index contributed by atoms with van der Waals surface area (Å²) in [5, 5.41) is 12.8. The van der Waals surface area contributed by atoms with Gasteiger partial charge < -0.3 is 19.5 Å². The number of aromatic nitrogens is 1. The van der Waals surface area contributed by atoms with Crippen LogP contribution in [0.2, 0.25) is 0 Å². The van der Waals surface area contributed by atoms with Gasteiger partial charge in [0.2, 0.25) is 12.5 Å². The van der Waals surface area contributed by atoms with Crippen LogP contribution in [0.3, 0.4) is 0 Å². The summed E-state index contributed by atoms with van der Waals surface area (Å²) in [6.07, 6.45) is 0. The van der Waals surface area contributed by atoms with Crippen molar-refractivity contribution in [1.82, 2.24) is 4.98 Å². The SMILES string of the molecule is [C-]#[N+]c1c(NC)nc(C(C)C(=O)OCC)c(C#N)c1-c1ccc2c(c1)OCO2. The summed E-state index contributed by atoms with van der Waals surface area (Å²) in [7, 11) is 1.63. The van der Waals surface area contributed by atoms with Crippen molar-refractivity contribution in [3.8, 4) is 28.7 Å². The van der Waals surface area contributed by atoms with Crippen LogP contribution in [0.4, 0.5) is 11.5 Å². The Kier molecular flexibility index (Phi) is 5.32. The van der Waals surface area contributed by atoms with Gasteiger partial charge in [0.25, 0.3) is 0 Å². The molecule has 142 valence electrons. The largest absolute Gasteiger partial charge is 0.465 e. The number of benzene rings is 1. The van der Waals surface area contributed by atoms with Crippen molar-refractivity contribution in [1.29, 1.82) is 5.26 Å². The predicted octanol–water partition coefficient (Wildman–Crippen LogP) is 3.61. The van der Waals surface area contributed by atoms with Crippen molar-refractivity contribution in [2.45, 2.75) is 19.8 Å². The molecule has 1 aliphatic rings. The van der Waals surface area contributed by atoms with Crippen molar-refractivity contribution in [2.24, 2.45) is 0 Å². The monoisotopic (exact) mass is 378 g/mol. The van der Waals surface area contributed by atoms with Gasteiger partial charge in [-0.25, -0.2) is 9.83 Å². The molecule has 0 aliphatic carbocycles. The van der Waals surface area contributed by atoms with E-state index in [9.17, 15) is 10.1 Å². The first kappa shape index (κ1) is 19.0. The fraction of sp³-hybridized carbons (Fsp3) is 0.300. The molecule has 1 aliphatic heterocycles. The molecule has 0 saturated carbocycles. The van der Waals surface area contributed by atoms with E-state index < -0.39 is 11.9 Å². The molecular formula is C20H18N4O4. The Morgan fingerprint density at radius 1 is 1.46 bits per heavy atom. The number of pyridine rings is 1. The van der Waals surface area contributed by atoms with Crippen LogP contribution in [0.25, 0.3) is 16.0 Å². The lowest BCUT2D eigenvalue weighted by molar-refractivity contribution is -0.144. The van der Waals surface area contributed by atoms with Crippen LogP contribution in [-0.4, -0.2) is 31.4 Å². The second-order valence-electron chi connectivity index (χ2n) is 5.96. The topological polar surface area (TPSA) is 97.8 Å². The fourth-order valence-electron chi connectivity index (χ4n) is 3.02. The maximum absolute atomic E-state index is 12.3. The van der Waals surface area contributed by atoms with E-state index in [-0.39, 0.29) is 36.2 Å². The number of ether oxygens (including phenoxy) is 3. The third kappa shape index (κ3) is 3.17. The van der Waals surface area contributed by atoms with Crippen molar-refractivity contribution >= 4 is 17.5 Å². The first-order chi connectivity index (χ1) is 13.5. The Morgan fingerprint density at radius 2 is 2.21 bits per heavy atom. The van der Waals surface area contributed by atoms with Gasteiger partial charge in [0.1, 0.15) is 11.9 Å². The maximum Gasteiger partial charge on any atom is 0.314 e. The zero-order valence-corrected chi connectivity index (χ0v) is 15.7. The lowest BCUT2D eigenvalue weighted by atomic mass is 9.92.